The third-order valence-electron chi connectivity index (χ3n) is 2.53. The van der Waals surface area contributed by atoms with Crippen LogP contribution in [0.4, 0.5) is 18.9 Å². The van der Waals surface area contributed by atoms with E-state index < -0.39 is 22.7 Å². The van der Waals surface area contributed by atoms with Crippen LogP contribution in [0.2, 0.25) is 5.02 Å². The van der Waals surface area contributed by atoms with Gasteiger partial charge in [0.25, 0.3) is 0 Å². The Kier molecular flexibility index (Phi) is 3.01. The largest absolute Gasteiger partial charge is 0.478 e. The summed E-state index contributed by atoms with van der Waals surface area (Å²) in [6.07, 6.45) is -3.71. The zero-order valence-corrected chi connectivity index (χ0v) is 9.88. The van der Waals surface area contributed by atoms with Gasteiger partial charge < -0.3 is 10.8 Å². The Morgan fingerprint density at radius 3 is 2.53 bits per heavy atom. The number of carboxylic acid groups (broad SMARTS) is 1. The first-order chi connectivity index (χ1) is 8.71. The second-order valence-electron chi connectivity index (χ2n) is 3.74. The summed E-state index contributed by atoms with van der Waals surface area (Å²) in [5.74, 6) is -1.32. The lowest BCUT2D eigenvalue weighted by Crippen LogP contribution is -2.08. The number of carboxylic acids is 1. The van der Waals surface area contributed by atoms with Crippen LogP contribution in [-0.4, -0.2) is 16.1 Å². The monoisotopic (exact) mass is 290 g/mol. The lowest BCUT2D eigenvalue weighted by Gasteiger charge is -2.11. The van der Waals surface area contributed by atoms with E-state index >= 15 is 0 Å². The number of rotatable bonds is 1. The Hall–Kier alpha value is -2.02. The summed E-state index contributed by atoms with van der Waals surface area (Å²) in [5.41, 5.74) is 4.01. The molecule has 100 valence electrons. The molecule has 19 heavy (non-hydrogen) atoms. The van der Waals surface area contributed by atoms with Gasteiger partial charge in [0.15, 0.2) is 0 Å². The number of nitrogens with zero attached hydrogens (tertiary/aromatic N) is 1. The third-order valence-corrected chi connectivity index (χ3v) is 2.85. The molecule has 0 bridgehead atoms. The molecule has 0 spiro atoms. The molecule has 0 radical (unpaired) electrons. The van der Waals surface area contributed by atoms with Gasteiger partial charge in [-0.2, -0.15) is 13.2 Å². The minimum absolute atomic E-state index is 0.0675. The minimum atomic E-state index is -4.62. The molecule has 0 aliphatic heterocycles. The highest BCUT2D eigenvalue weighted by Gasteiger charge is 2.33. The number of hydrogen-bond acceptors (Lipinski definition) is 3. The van der Waals surface area contributed by atoms with E-state index in [-0.39, 0.29) is 22.2 Å². The zero-order valence-electron chi connectivity index (χ0n) is 9.12. The van der Waals surface area contributed by atoms with Crippen molar-refractivity contribution < 1.29 is 23.1 Å². The van der Waals surface area contributed by atoms with Crippen molar-refractivity contribution in [3.05, 3.63) is 34.5 Å². The van der Waals surface area contributed by atoms with E-state index in [0.29, 0.717) is 0 Å². The van der Waals surface area contributed by atoms with E-state index in [1.54, 1.807) is 0 Å². The molecule has 0 saturated heterocycles. The van der Waals surface area contributed by atoms with Crippen molar-refractivity contribution >= 4 is 34.2 Å². The number of fused-ring (bicyclic) bond motifs is 1. The molecule has 0 unspecified atom stereocenters. The summed E-state index contributed by atoms with van der Waals surface area (Å²) in [6, 6.07) is 1.70. The normalized spacial score (nSPS) is 11.8. The van der Waals surface area contributed by atoms with Gasteiger partial charge in [0.1, 0.15) is 5.56 Å². The van der Waals surface area contributed by atoms with Crippen LogP contribution in [0, 0.1) is 0 Å². The first-order valence-electron chi connectivity index (χ1n) is 4.90. The molecular formula is C11H6ClF3N2O2. The summed E-state index contributed by atoms with van der Waals surface area (Å²) in [6.45, 7) is 0. The molecular weight excluding hydrogens is 285 g/mol. The summed E-state index contributed by atoms with van der Waals surface area (Å²) in [4.78, 5) is 14.5. The van der Waals surface area contributed by atoms with E-state index in [9.17, 15) is 18.0 Å². The number of benzene rings is 1. The summed E-state index contributed by atoms with van der Waals surface area (Å²) >= 11 is 5.54. The van der Waals surface area contributed by atoms with Gasteiger partial charge >= 0.3 is 12.1 Å². The first kappa shape index (κ1) is 13.4. The van der Waals surface area contributed by atoms with Crippen LogP contribution >= 0.6 is 11.6 Å². The summed E-state index contributed by atoms with van der Waals surface area (Å²) in [7, 11) is 0. The van der Waals surface area contributed by atoms with E-state index in [0.717, 1.165) is 18.3 Å². The van der Waals surface area contributed by atoms with Crippen molar-refractivity contribution in [3.63, 3.8) is 0 Å². The average molecular weight is 291 g/mol. The number of anilines is 1. The Bertz CT molecular complexity index is 686. The highest BCUT2D eigenvalue weighted by molar-refractivity contribution is 6.32. The maximum absolute atomic E-state index is 12.6. The van der Waals surface area contributed by atoms with E-state index in [4.69, 9.17) is 22.4 Å². The number of aromatic nitrogens is 1. The van der Waals surface area contributed by atoms with Crippen molar-refractivity contribution in [2.45, 2.75) is 6.18 Å². The number of hydrogen-bond donors (Lipinski definition) is 2. The number of carbonyl (C=O) groups is 1. The Labute approximate surface area is 109 Å². The molecule has 0 saturated carbocycles. The Morgan fingerprint density at radius 1 is 1.37 bits per heavy atom. The molecule has 1 heterocycles. The summed E-state index contributed by atoms with van der Waals surface area (Å²) in [5, 5.41) is 8.35. The lowest BCUT2D eigenvalue weighted by atomic mass is 10.1. The highest BCUT2D eigenvalue weighted by atomic mass is 35.5. The fourth-order valence-electron chi connectivity index (χ4n) is 1.62. The predicted molar refractivity (Wildman–Crippen MR) is 63.1 cm³/mol. The average Bonchev–Trinajstić information content (AvgIpc) is 2.27. The van der Waals surface area contributed by atoms with Crippen LogP contribution in [0.1, 0.15) is 15.9 Å². The van der Waals surface area contributed by atoms with Crippen LogP contribution in [-0.2, 0) is 6.18 Å². The molecule has 0 aliphatic carbocycles. The quantitative estimate of drug-likeness (QED) is 0.845. The zero-order chi connectivity index (χ0) is 14.4. The third kappa shape index (κ3) is 2.28. The fraction of sp³-hybridized carbons (Fsp3) is 0.0909. The van der Waals surface area contributed by atoms with Crippen LogP contribution < -0.4 is 5.73 Å². The topological polar surface area (TPSA) is 76.2 Å². The molecule has 0 amide bonds. The molecule has 2 rings (SSSR count). The van der Waals surface area contributed by atoms with Crippen LogP contribution in [0.5, 0.6) is 0 Å². The fourth-order valence-corrected chi connectivity index (χ4v) is 1.89. The first-order valence-corrected chi connectivity index (χ1v) is 5.28. The number of aromatic carboxylic acids is 1. The molecule has 3 N–H and O–H groups in total. The van der Waals surface area contributed by atoms with E-state index in [1.165, 1.54) is 0 Å². The maximum Gasteiger partial charge on any atom is 0.417 e. The van der Waals surface area contributed by atoms with Gasteiger partial charge in [-0.3, -0.25) is 4.98 Å². The molecule has 1 aromatic carbocycles. The van der Waals surface area contributed by atoms with Crippen molar-refractivity contribution in [3.8, 4) is 0 Å². The molecule has 0 fully saturated rings. The number of halogens is 4. The predicted octanol–water partition coefficient (Wildman–Crippen LogP) is 3.19. The molecule has 1 aromatic heterocycles. The van der Waals surface area contributed by atoms with Gasteiger partial charge in [-0.15, -0.1) is 0 Å². The molecule has 4 nitrogen and oxygen atoms in total. The lowest BCUT2D eigenvalue weighted by molar-refractivity contribution is -0.137. The van der Waals surface area contributed by atoms with Gasteiger partial charge in [0, 0.05) is 11.6 Å². The number of nitrogens with two attached hydrogens (primary N) is 1. The van der Waals surface area contributed by atoms with Crippen molar-refractivity contribution in [1.29, 1.82) is 0 Å². The van der Waals surface area contributed by atoms with Crippen molar-refractivity contribution in [1.82, 2.24) is 4.98 Å². The van der Waals surface area contributed by atoms with E-state index in [1.807, 2.05) is 0 Å². The van der Waals surface area contributed by atoms with Gasteiger partial charge in [-0.25, -0.2) is 4.79 Å². The summed E-state index contributed by atoms with van der Waals surface area (Å²) < 4.78 is 37.9. The second kappa shape index (κ2) is 4.27. The second-order valence-corrected chi connectivity index (χ2v) is 4.14. The Morgan fingerprint density at radius 2 is 2.00 bits per heavy atom. The molecule has 0 atom stereocenters. The van der Waals surface area contributed by atoms with Crippen molar-refractivity contribution in [2.24, 2.45) is 0 Å². The van der Waals surface area contributed by atoms with Gasteiger partial charge in [-0.05, 0) is 12.1 Å². The van der Waals surface area contributed by atoms with Gasteiger partial charge in [0.05, 0.1) is 21.8 Å². The molecule has 0 aliphatic rings. The number of pyridine rings is 1. The maximum atomic E-state index is 12.6. The smallest absolute Gasteiger partial charge is 0.417 e. The number of alkyl halides is 3. The number of nitrogen functional groups attached to an aromatic ring is 1. The van der Waals surface area contributed by atoms with E-state index in [2.05, 4.69) is 4.98 Å². The van der Waals surface area contributed by atoms with Gasteiger partial charge in [0.2, 0.25) is 0 Å². The SMILES string of the molecule is Nc1c(C(=O)O)cnc2cc(C(F)(F)F)c(Cl)cc12. The standard InChI is InChI=1S/C11H6ClF3N2O2/c12-7-1-4-8(2-6(7)11(13,14)15)17-3-5(9(4)16)10(18)19/h1-3H,(H2,16,17)(H,18,19). The van der Waals surface area contributed by atoms with Crippen LogP contribution in [0.3, 0.4) is 0 Å². The van der Waals surface area contributed by atoms with Crippen LogP contribution in [0.15, 0.2) is 18.3 Å². The molecule has 2 aromatic rings. The van der Waals surface area contributed by atoms with Crippen LogP contribution in [0.25, 0.3) is 10.9 Å². The molecule has 8 heteroatoms. The Balaban J connectivity index is 2.79. The highest BCUT2D eigenvalue weighted by Crippen LogP contribution is 2.38. The van der Waals surface area contributed by atoms with Crippen molar-refractivity contribution in [2.75, 3.05) is 5.73 Å². The minimum Gasteiger partial charge on any atom is -0.478 e. The van der Waals surface area contributed by atoms with Gasteiger partial charge in [-0.1, -0.05) is 11.6 Å².